The molecule has 27 heavy (non-hydrogen) atoms. The number of likely N-dealkylation sites (tertiary alicyclic amines) is 1. The van der Waals surface area contributed by atoms with Crippen molar-refractivity contribution < 1.29 is 13.2 Å². The molecule has 2 heterocycles. The summed E-state index contributed by atoms with van der Waals surface area (Å²) in [6.45, 7) is 5.28. The average Bonchev–Trinajstić information content (AvgIpc) is 3.11. The lowest BCUT2D eigenvalue weighted by atomic mass is 10.1. The van der Waals surface area contributed by atoms with E-state index >= 15 is 0 Å². The highest BCUT2D eigenvalue weighted by Gasteiger charge is 2.30. The van der Waals surface area contributed by atoms with Gasteiger partial charge in [-0.05, 0) is 63.4 Å². The van der Waals surface area contributed by atoms with Crippen LogP contribution in [0.4, 0.5) is 0 Å². The molecule has 2 saturated heterocycles. The highest BCUT2D eigenvalue weighted by molar-refractivity contribution is 7.89. The van der Waals surface area contributed by atoms with Gasteiger partial charge in [0, 0.05) is 31.7 Å². The Labute approximate surface area is 168 Å². The predicted octanol–water partition coefficient (Wildman–Crippen LogP) is 2.27. The number of amides is 1. The van der Waals surface area contributed by atoms with E-state index in [-0.39, 0.29) is 23.2 Å². The maximum absolute atomic E-state index is 13.0. The fraction of sp³-hybridized carbons (Fsp3) is 0.632. The zero-order valence-corrected chi connectivity index (χ0v) is 17.7. The molecule has 0 spiro atoms. The lowest BCUT2D eigenvalue weighted by Gasteiger charge is -2.27. The van der Waals surface area contributed by atoms with E-state index in [1.807, 2.05) is 11.9 Å². The summed E-state index contributed by atoms with van der Waals surface area (Å²) in [6, 6.07) is 5.08. The van der Waals surface area contributed by atoms with E-state index in [0.717, 1.165) is 45.3 Å². The third-order valence-electron chi connectivity index (χ3n) is 5.43. The van der Waals surface area contributed by atoms with Crippen molar-refractivity contribution in [2.45, 2.75) is 37.5 Å². The second kappa shape index (κ2) is 9.37. The number of carbonyl (C=O) groups is 1. The maximum atomic E-state index is 13.0. The molecule has 1 atom stereocenters. The summed E-state index contributed by atoms with van der Waals surface area (Å²) >= 11 is 0. The SMILES string of the molecule is CNCC1CCN(C(=O)c2ccc(C)c(S(=O)(=O)N3CCCCC3)c2)C1.Cl. The van der Waals surface area contributed by atoms with Gasteiger partial charge >= 0.3 is 0 Å². The van der Waals surface area contributed by atoms with Crippen LogP contribution in [0.3, 0.4) is 0 Å². The maximum Gasteiger partial charge on any atom is 0.253 e. The Hall–Kier alpha value is -1.15. The lowest BCUT2D eigenvalue weighted by Crippen LogP contribution is -2.36. The van der Waals surface area contributed by atoms with E-state index in [4.69, 9.17) is 0 Å². The van der Waals surface area contributed by atoms with Crippen molar-refractivity contribution in [1.82, 2.24) is 14.5 Å². The Morgan fingerprint density at radius 1 is 1.19 bits per heavy atom. The number of nitrogens with zero attached hydrogens (tertiary/aromatic N) is 2. The first-order chi connectivity index (χ1) is 12.4. The zero-order chi connectivity index (χ0) is 18.7. The Morgan fingerprint density at radius 3 is 2.56 bits per heavy atom. The van der Waals surface area contributed by atoms with Crippen molar-refractivity contribution in [3.8, 4) is 0 Å². The van der Waals surface area contributed by atoms with E-state index < -0.39 is 10.0 Å². The molecule has 6 nitrogen and oxygen atoms in total. The Kier molecular flexibility index (Phi) is 7.68. The van der Waals surface area contributed by atoms with E-state index in [0.29, 0.717) is 30.1 Å². The van der Waals surface area contributed by atoms with Gasteiger partial charge in [0.2, 0.25) is 10.0 Å². The van der Waals surface area contributed by atoms with Crippen LogP contribution in [0.25, 0.3) is 0 Å². The van der Waals surface area contributed by atoms with Crippen molar-refractivity contribution in [3.05, 3.63) is 29.3 Å². The van der Waals surface area contributed by atoms with E-state index in [1.54, 1.807) is 29.4 Å². The number of hydrogen-bond acceptors (Lipinski definition) is 4. The number of piperidine rings is 1. The number of halogens is 1. The van der Waals surface area contributed by atoms with Gasteiger partial charge in [-0.1, -0.05) is 12.5 Å². The molecule has 2 aliphatic rings. The molecule has 1 aromatic rings. The van der Waals surface area contributed by atoms with Crippen LogP contribution in [0.1, 0.15) is 41.6 Å². The fourth-order valence-corrected chi connectivity index (χ4v) is 5.68. The summed E-state index contributed by atoms with van der Waals surface area (Å²) in [7, 11) is -1.62. The minimum Gasteiger partial charge on any atom is -0.338 e. The van der Waals surface area contributed by atoms with Crippen molar-refractivity contribution in [1.29, 1.82) is 0 Å². The molecular formula is C19H30ClN3O3S. The highest BCUT2D eigenvalue weighted by Crippen LogP contribution is 2.26. The van der Waals surface area contributed by atoms with Crippen molar-refractivity contribution in [2.75, 3.05) is 39.8 Å². The molecule has 0 aromatic heterocycles. The number of aryl methyl sites for hydroxylation is 1. The van der Waals surface area contributed by atoms with Gasteiger partial charge in [0.1, 0.15) is 0 Å². The molecule has 8 heteroatoms. The van der Waals surface area contributed by atoms with Crippen molar-refractivity contribution in [2.24, 2.45) is 5.92 Å². The third kappa shape index (κ3) is 4.83. The van der Waals surface area contributed by atoms with Crippen molar-refractivity contribution >= 4 is 28.3 Å². The number of rotatable bonds is 5. The van der Waals surface area contributed by atoms with Crippen LogP contribution in [-0.2, 0) is 10.0 Å². The standard InChI is InChI=1S/C19H29N3O3S.ClH/c1-15-6-7-17(19(23)21-11-8-16(14-21)13-20-2)12-18(15)26(24,25)22-9-4-3-5-10-22;/h6-7,12,16,20H,3-5,8-11,13-14H2,1-2H3;1H. The molecule has 1 unspecified atom stereocenters. The minimum atomic E-state index is -3.54. The molecule has 1 N–H and O–H groups in total. The molecule has 152 valence electrons. The van der Waals surface area contributed by atoms with Crippen LogP contribution in [0.2, 0.25) is 0 Å². The van der Waals surface area contributed by atoms with Gasteiger partial charge < -0.3 is 10.2 Å². The van der Waals surface area contributed by atoms with Crippen LogP contribution < -0.4 is 5.32 Å². The monoisotopic (exact) mass is 415 g/mol. The Balaban J connectivity index is 0.00000261. The molecule has 1 aromatic carbocycles. The predicted molar refractivity (Wildman–Crippen MR) is 109 cm³/mol. The molecule has 0 saturated carbocycles. The number of sulfonamides is 1. The van der Waals surface area contributed by atoms with Crippen LogP contribution in [0.15, 0.2) is 23.1 Å². The molecule has 0 aliphatic carbocycles. The largest absolute Gasteiger partial charge is 0.338 e. The minimum absolute atomic E-state index is 0. The number of hydrogen-bond donors (Lipinski definition) is 1. The summed E-state index contributed by atoms with van der Waals surface area (Å²) in [5.41, 5.74) is 1.16. The van der Waals surface area contributed by atoms with E-state index in [9.17, 15) is 13.2 Å². The van der Waals surface area contributed by atoms with Crippen LogP contribution in [0, 0.1) is 12.8 Å². The number of benzene rings is 1. The molecule has 2 fully saturated rings. The first-order valence-electron chi connectivity index (χ1n) is 9.48. The molecule has 3 rings (SSSR count). The molecular weight excluding hydrogens is 386 g/mol. The van der Waals surface area contributed by atoms with Gasteiger partial charge in [0.05, 0.1) is 4.90 Å². The molecule has 0 radical (unpaired) electrons. The third-order valence-corrected chi connectivity index (χ3v) is 7.47. The quantitative estimate of drug-likeness (QED) is 0.800. The molecule has 2 aliphatic heterocycles. The topological polar surface area (TPSA) is 69.7 Å². The normalized spacial score (nSPS) is 21.1. The molecule has 0 bridgehead atoms. The van der Waals surface area contributed by atoms with Gasteiger partial charge in [-0.15, -0.1) is 12.4 Å². The van der Waals surface area contributed by atoms with Gasteiger partial charge in [0.15, 0.2) is 0 Å². The van der Waals surface area contributed by atoms with E-state index in [2.05, 4.69) is 5.32 Å². The first-order valence-corrected chi connectivity index (χ1v) is 10.9. The summed E-state index contributed by atoms with van der Waals surface area (Å²) in [4.78, 5) is 15.0. The highest BCUT2D eigenvalue weighted by atomic mass is 35.5. The van der Waals surface area contributed by atoms with Crippen LogP contribution in [-0.4, -0.2) is 63.3 Å². The van der Waals surface area contributed by atoms with Gasteiger partial charge in [0.25, 0.3) is 5.91 Å². The number of nitrogens with one attached hydrogen (secondary N) is 1. The van der Waals surface area contributed by atoms with Gasteiger partial charge in [-0.3, -0.25) is 4.79 Å². The fourth-order valence-electron chi connectivity index (χ4n) is 3.91. The summed E-state index contributed by atoms with van der Waals surface area (Å²) < 4.78 is 27.6. The van der Waals surface area contributed by atoms with E-state index in [1.165, 1.54) is 0 Å². The number of carbonyl (C=O) groups excluding carboxylic acids is 1. The second-order valence-corrected chi connectivity index (χ2v) is 9.31. The van der Waals surface area contributed by atoms with Crippen LogP contribution >= 0.6 is 12.4 Å². The second-order valence-electron chi connectivity index (χ2n) is 7.41. The Bertz CT molecular complexity index is 763. The summed E-state index contributed by atoms with van der Waals surface area (Å²) in [6.07, 6.45) is 3.86. The first kappa shape index (κ1) is 22.1. The molecule has 1 amide bonds. The van der Waals surface area contributed by atoms with Gasteiger partial charge in [-0.25, -0.2) is 8.42 Å². The van der Waals surface area contributed by atoms with Crippen molar-refractivity contribution in [3.63, 3.8) is 0 Å². The van der Waals surface area contributed by atoms with Crippen LogP contribution in [0.5, 0.6) is 0 Å². The summed E-state index contributed by atoms with van der Waals surface area (Å²) in [5, 5.41) is 3.16. The smallest absolute Gasteiger partial charge is 0.253 e. The zero-order valence-electron chi connectivity index (χ0n) is 16.1. The average molecular weight is 416 g/mol. The lowest BCUT2D eigenvalue weighted by molar-refractivity contribution is 0.0787. The van der Waals surface area contributed by atoms with Gasteiger partial charge in [-0.2, -0.15) is 4.31 Å². The summed E-state index contributed by atoms with van der Waals surface area (Å²) in [5.74, 6) is 0.393. The Morgan fingerprint density at radius 2 is 1.89 bits per heavy atom.